The molecule has 0 saturated heterocycles. The molecule has 1 heterocycles. The van der Waals surface area contributed by atoms with Crippen molar-refractivity contribution in [2.24, 2.45) is 7.05 Å². The van der Waals surface area contributed by atoms with Crippen molar-refractivity contribution in [3.05, 3.63) is 50.8 Å². The molecule has 0 unspecified atom stereocenters. The van der Waals surface area contributed by atoms with E-state index < -0.39 is 23.1 Å². The van der Waals surface area contributed by atoms with Crippen LogP contribution in [0.15, 0.2) is 33.9 Å². The summed E-state index contributed by atoms with van der Waals surface area (Å²) in [5, 5.41) is 2.16. The van der Waals surface area contributed by atoms with Crippen molar-refractivity contribution in [3.63, 3.8) is 0 Å². The normalized spacial score (nSPS) is 11.8. The highest BCUT2D eigenvalue weighted by atomic mass is 19.4. The topological polar surface area (TPSA) is 59.8 Å². The standard InChI is InChI=1S/C10H8F3N3O2/c1-15-9(18)16(8(17)14-15)7-4-2-3-6(5-7)10(11,12)13/h2-5H,1H3,(H,14,17). The molecule has 1 aromatic heterocycles. The number of H-pyrrole nitrogens is 1. The van der Waals surface area contributed by atoms with Crippen LogP contribution < -0.4 is 11.4 Å². The first kappa shape index (κ1) is 12.2. The van der Waals surface area contributed by atoms with E-state index in [9.17, 15) is 22.8 Å². The highest BCUT2D eigenvalue weighted by Gasteiger charge is 2.30. The van der Waals surface area contributed by atoms with Crippen molar-refractivity contribution in [1.29, 1.82) is 0 Å². The SMILES string of the molecule is Cn1[nH]c(=O)n(-c2cccc(C(F)(F)F)c2)c1=O. The van der Waals surface area contributed by atoms with E-state index in [-0.39, 0.29) is 5.69 Å². The number of halogens is 3. The largest absolute Gasteiger partial charge is 0.416 e. The number of nitrogens with zero attached hydrogens (tertiary/aromatic N) is 2. The zero-order valence-corrected chi connectivity index (χ0v) is 9.15. The van der Waals surface area contributed by atoms with E-state index in [1.165, 1.54) is 13.1 Å². The second-order valence-corrected chi connectivity index (χ2v) is 3.64. The molecule has 18 heavy (non-hydrogen) atoms. The molecule has 0 aliphatic carbocycles. The quantitative estimate of drug-likeness (QED) is 0.826. The molecule has 0 atom stereocenters. The van der Waals surface area contributed by atoms with Gasteiger partial charge < -0.3 is 0 Å². The first-order chi connectivity index (χ1) is 8.30. The van der Waals surface area contributed by atoms with Gasteiger partial charge in [0.1, 0.15) is 0 Å². The number of aromatic nitrogens is 3. The average molecular weight is 259 g/mol. The zero-order chi connectivity index (χ0) is 13.5. The summed E-state index contributed by atoms with van der Waals surface area (Å²) in [5.74, 6) is 0. The summed E-state index contributed by atoms with van der Waals surface area (Å²) in [6.45, 7) is 0. The Balaban J connectivity index is 2.66. The lowest BCUT2D eigenvalue weighted by Crippen LogP contribution is -2.26. The Bertz CT molecular complexity index is 693. The highest BCUT2D eigenvalue weighted by Crippen LogP contribution is 2.29. The summed E-state index contributed by atoms with van der Waals surface area (Å²) in [4.78, 5) is 23.0. The minimum atomic E-state index is -4.53. The summed E-state index contributed by atoms with van der Waals surface area (Å²) in [6.07, 6.45) is -4.53. The van der Waals surface area contributed by atoms with Gasteiger partial charge in [0.05, 0.1) is 11.3 Å². The van der Waals surface area contributed by atoms with Gasteiger partial charge >= 0.3 is 17.6 Å². The van der Waals surface area contributed by atoms with E-state index in [2.05, 4.69) is 5.10 Å². The molecule has 0 aliphatic rings. The molecule has 0 spiro atoms. The maximum absolute atomic E-state index is 12.5. The highest BCUT2D eigenvalue weighted by molar-refractivity contribution is 5.36. The Morgan fingerprint density at radius 1 is 1.22 bits per heavy atom. The Labute approximate surface area is 98.1 Å². The number of nitrogens with one attached hydrogen (secondary N) is 1. The summed E-state index contributed by atoms with van der Waals surface area (Å²) < 4.78 is 39.1. The van der Waals surface area contributed by atoms with E-state index >= 15 is 0 Å². The van der Waals surface area contributed by atoms with Crippen LogP contribution in [0.25, 0.3) is 5.69 Å². The van der Waals surface area contributed by atoms with Crippen molar-refractivity contribution in [3.8, 4) is 5.69 Å². The van der Waals surface area contributed by atoms with Crippen LogP contribution in [0.1, 0.15) is 5.56 Å². The fraction of sp³-hybridized carbons (Fsp3) is 0.200. The molecule has 2 rings (SSSR count). The lowest BCUT2D eigenvalue weighted by Gasteiger charge is -2.07. The van der Waals surface area contributed by atoms with Gasteiger partial charge in [-0.05, 0) is 18.2 Å². The predicted molar refractivity (Wildman–Crippen MR) is 56.6 cm³/mol. The van der Waals surface area contributed by atoms with Crippen molar-refractivity contribution >= 4 is 0 Å². The second-order valence-electron chi connectivity index (χ2n) is 3.64. The maximum Gasteiger partial charge on any atom is 0.416 e. The third-order valence-electron chi connectivity index (χ3n) is 2.38. The van der Waals surface area contributed by atoms with Crippen LogP contribution in [0.4, 0.5) is 13.2 Å². The Morgan fingerprint density at radius 2 is 1.89 bits per heavy atom. The smallest absolute Gasteiger partial charge is 0.246 e. The summed E-state index contributed by atoms with van der Waals surface area (Å²) in [5.41, 5.74) is -2.58. The van der Waals surface area contributed by atoms with E-state index in [0.29, 0.717) is 4.57 Å². The second kappa shape index (κ2) is 3.90. The first-order valence-electron chi connectivity index (χ1n) is 4.86. The van der Waals surface area contributed by atoms with Crippen molar-refractivity contribution in [1.82, 2.24) is 14.3 Å². The van der Waals surface area contributed by atoms with Crippen LogP contribution in [0.3, 0.4) is 0 Å². The fourth-order valence-electron chi connectivity index (χ4n) is 1.53. The van der Waals surface area contributed by atoms with E-state index in [0.717, 1.165) is 22.9 Å². The lowest BCUT2D eigenvalue weighted by atomic mass is 10.2. The molecule has 96 valence electrons. The van der Waals surface area contributed by atoms with Gasteiger partial charge in [-0.15, -0.1) is 0 Å². The van der Waals surface area contributed by atoms with Gasteiger partial charge in [0.2, 0.25) is 0 Å². The molecular weight excluding hydrogens is 251 g/mol. The predicted octanol–water partition coefficient (Wildman–Crippen LogP) is 0.883. The molecule has 1 N–H and O–H groups in total. The number of aromatic amines is 1. The minimum absolute atomic E-state index is 0.128. The number of benzene rings is 1. The summed E-state index contributed by atoms with van der Waals surface area (Å²) >= 11 is 0. The van der Waals surface area contributed by atoms with Crippen LogP contribution >= 0.6 is 0 Å². The molecule has 1 aromatic carbocycles. The number of rotatable bonds is 1. The summed E-state index contributed by atoms with van der Waals surface area (Å²) in [7, 11) is 1.30. The van der Waals surface area contributed by atoms with E-state index in [4.69, 9.17) is 0 Å². The van der Waals surface area contributed by atoms with E-state index in [1.807, 2.05) is 0 Å². The molecule has 5 nitrogen and oxygen atoms in total. The Kier molecular flexibility index (Phi) is 2.64. The van der Waals surface area contributed by atoms with Gasteiger partial charge in [0, 0.05) is 7.05 Å². The third-order valence-corrected chi connectivity index (χ3v) is 2.38. The van der Waals surface area contributed by atoms with Gasteiger partial charge in [-0.25, -0.2) is 23.9 Å². The van der Waals surface area contributed by atoms with Gasteiger partial charge in [0.25, 0.3) is 0 Å². The molecule has 0 radical (unpaired) electrons. The van der Waals surface area contributed by atoms with Crippen LogP contribution in [-0.4, -0.2) is 14.3 Å². The van der Waals surface area contributed by atoms with Crippen molar-refractivity contribution in [2.75, 3.05) is 0 Å². The Morgan fingerprint density at radius 3 is 2.39 bits per heavy atom. The first-order valence-corrected chi connectivity index (χ1v) is 4.86. The van der Waals surface area contributed by atoms with Gasteiger partial charge in [0.15, 0.2) is 0 Å². The third kappa shape index (κ3) is 1.96. The zero-order valence-electron chi connectivity index (χ0n) is 9.15. The maximum atomic E-state index is 12.5. The fourth-order valence-corrected chi connectivity index (χ4v) is 1.53. The van der Waals surface area contributed by atoms with Crippen molar-refractivity contribution < 1.29 is 13.2 Å². The van der Waals surface area contributed by atoms with Crippen LogP contribution in [0.5, 0.6) is 0 Å². The number of hydrogen-bond acceptors (Lipinski definition) is 2. The molecule has 8 heteroatoms. The number of hydrogen-bond donors (Lipinski definition) is 1. The van der Waals surface area contributed by atoms with Gasteiger partial charge in [-0.3, -0.25) is 0 Å². The number of alkyl halides is 3. The van der Waals surface area contributed by atoms with Crippen LogP contribution in [0.2, 0.25) is 0 Å². The molecule has 0 saturated carbocycles. The van der Waals surface area contributed by atoms with Gasteiger partial charge in [-0.2, -0.15) is 13.2 Å². The molecule has 0 amide bonds. The molecule has 2 aromatic rings. The summed E-state index contributed by atoms with van der Waals surface area (Å²) in [6, 6.07) is 4.01. The van der Waals surface area contributed by atoms with Crippen LogP contribution in [0, 0.1) is 0 Å². The van der Waals surface area contributed by atoms with Crippen LogP contribution in [-0.2, 0) is 13.2 Å². The van der Waals surface area contributed by atoms with Gasteiger partial charge in [-0.1, -0.05) is 6.07 Å². The molecule has 0 aliphatic heterocycles. The molecule has 0 bridgehead atoms. The minimum Gasteiger partial charge on any atom is -0.246 e. The lowest BCUT2D eigenvalue weighted by molar-refractivity contribution is -0.137. The number of aryl methyl sites for hydroxylation is 1. The van der Waals surface area contributed by atoms with E-state index in [1.54, 1.807) is 0 Å². The molecule has 0 fully saturated rings. The Hall–Kier alpha value is -2.25. The average Bonchev–Trinajstić information content (AvgIpc) is 2.52. The monoisotopic (exact) mass is 259 g/mol. The molecular formula is C10H8F3N3O2. The van der Waals surface area contributed by atoms with Crippen molar-refractivity contribution in [2.45, 2.75) is 6.18 Å².